The van der Waals surface area contributed by atoms with Crippen LogP contribution in [0.2, 0.25) is 0 Å². The highest BCUT2D eigenvalue weighted by Gasteiger charge is 2.38. The zero-order valence-electron chi connectivity index (χ0n) is 10.2. The monoisotopic (exact) mass is 232 g/mol. The lowest BCUT2D eigenvalue weighted by Crippen LogP contribution is -2.37. The molecule has 0 aromatic rings. The quantitative estimate of drug-likeness (QED) is 0.577. The van der Waals surface area contributed by atoms with E-state index in [9.17, 15) is 4.79 Å². The van der Waals surface area contributed by atoms with Crippen LogP contribution in [0.15, 0.2) is 17.3 Å². The number of hydrogen-bond donors (Lipinski definition) is 1. The van der Waals surface area contributed by atoms with Gasteiger partial charge in [-0.15, -0.1) is 0 Å². The molecule has 0 aliphatic heterocycles. The fraction of sp³-hybridized carbons (Fsp3) is 0.714. The summed E-state index contributed by atoms with van der Waals surface area (Å²) in [4.78, 5) is 11.9. The van der Waals surface area contributed by atoms with Crippen molar-refractivity contribution in [2.45, 2.75) is 44.9 Å². The Labute approximate surface area is 102 Å². The molecule has 3 nitrogen and oxygen atoms in total. The Balaban J connectivity index is 1.50. The zero-order valence-corrected chi connectivity index (χ0v) is 10.2. The number of nitrogens with zero attached hydrogens (tertiary/aromatic N) is 1. The molecule has 3 aliphatic rings. The van der Waals surface area contributed by atoms with Crippen molar-refractivity contribution in [1.29, 1.82) is 0 Å². The number of allylic oxidation sites excluding steroid dienone is 2. The molecule has 2 atom stereocenters. The van der Waals surface area contributed by atoms with E-state index in [1.165, 1.54) is 25.0 Å². The predicted molar refractivity (Wildman–Crippen MR) is 67.5 cm³/mol. The first-order valence-corrected chi connectivity index (χ1v) is 6.87. The molecule has 0 heterocycles. The molecule has 0 aromatic heterocycles. The van der Waals surface area contributed by atoms with E-state index >= 15 is 0 Å². The van der Waals surface area contributed by atoms with Crippen LogP contribution >= 0.6 is 0 Å². The maximum absolute atomic E-state index is 11.9. The van der Waals surface area contributed by atoms with Gasteiger partial charge in [-0.2, -0.15) is 5.10 Å². The van der Waals surface area contributed by atoms with Gasteiger partial charge in [0.15, 0.2) is 0 Å². The van der Waals surface area contributed by atoms with Gasteiger partial charge in [-0.1, -0.05) is 31.4 Å². The van der Waals surface area contributed by atoms with E-state index in [1.807, 2.05) is 0 Å². The Bertz CT molecular complexity index is 366. The third kappa shape index (κ3) is 2.15. The lowest BCUT2D eigenvalue weighted by Gasteiger charge is -2.32. The first-order chi connectivity index (χ1) is 8.34. The third-order valence-corrected chi connectivity index (χ3v) is 4.45. The van der Waals surface area contributed by atoms with Crippen LogP contribution in [0.3, 0.4) is 0 Å². The van der Waals surface area contributed by atoms with Crippen molar-refractivity contribution in [1.82, 2.24) is 5.43 Å². The minimum Gasteiger partial charge on any atom is -0.273 e. The Morgan fingerprint density at radius 3 is 2.88 bits per heavy atom. The van der Waals surface area contributed by atoms with E-state index in [2.05, 4.69) is 22.7 Å². The van der Waals surface area contributed by atoms with Crippen molar-refractivity contribution in [2.24, 2.45) is 22.9 Å². The van der Waals surface area contributed by atoms with E-state index in [1.54, 1.807) is 0 Å². The SMILES string of the molecule is O=C(N/N=C1/CC2C=CCC12)C1CCCCC1. The second kappa shape index (κ2) is 4.63. The van der Waals surface area contributed by atoms with Gasteiger partial charge in [0, 0.05) is 17.5 Å². The van der Waals surface area contributed by atoms with Gasteiger partial charge in [0.05, 0.1) is 0 Å². The molecule has 0 radical (unpaired) electrons. The summed E-state index contributed by atoms with van der Waals surface area (Å²) < 4.78 is 0. The number of hydrazone groups is 1. The first kappa shape index (κ1) is 11.0. The summed E-state index contributed by atoms with van der Waals surface area (Å²) in [6.07, 6.45) is 12.5. The van der Waals surface area contributed by atoms with Crippen molar-refractivity contribution in [3.63, 3.8) is 0 Å². The van der Waals surface area contributed by atoms with E-state index in [-0.39, 0.29) is 11.8 Å². The molecule has 3 heteroatoms. The summed E-state index contributed by atoms with van der Waals surface area (Å²) in [6.45, 7) is 0. The number of carbonyl (C=O) groups excluding carboxylic acids is 1. The first-order valence-electron chi connectivity index (χ1n) is 6.87. The number of amides is 1. The molecule has 1 amide bonds. The number of hydrogen-bond acceptors (Lipinski definition) is 2. The fourth-order valence-electron chi connectivity index (χ4n) is 3.25. The van der Waals surface area contributed by atoms with Gasteiger partial charge in [-0.05, 0) is 31.6 Å². The molecule has 2 fully saturated rings. The second-order valence-corrected chi connectivity index (χ2v) is 5.55. The molecule has 0 saturated heterocycles. The molecular weight excluding hydrogens is 212 g/mol. The molecule has 17 heavy (non-hydrogen) atoms. The minimum atomic E-state index is 0.145. The molecule has 2 unspecified atom stereocenters. The maximum atomic E-state index is 11.9. The van der Waals surface area contributed by atoms with Crippen molar-refractivity contribution in [2.75, 3.05) is 0 Å². The van der Waals surface area contributed by atoms with Gasteiger partial charge in [0.25, 0.3) is 0 Å². The van der Waals surface area contributed by atoms with Gasteiger partial charge in [0.1, 0.15) is 0 Å². The van der Waals surface area contributed by atoms with Crippen LogP contribution in [-0.4, -0.2) is 11.6 Å². The minimum absolute atomic E-state index is 0.145. The molecule has 0 spiro atoms. The van der Waals surface area contributed by atoms with Crippen LogP contribution in [0, 0.1) is 17.8 Å². The van der Waals surface area contributed by atoms with Crippen LogP contribution in [0.4, 0.5) is 0 Å². The van der Waals surface area contributed by atoms with E-state index < -0.39 is 0 Å². The molecular formula is C14H20N2O. The highest BCUT2D eigenvalue weighted by Crippen LogP contribution is 2.40. The number of carbonyl (C=O) groups is 1. The molecule has 3 rings (SSSR count). The fourth-order valence-corrected chi connectivity index (χ4v) is 3.25. The zero-order chi connectivity index (χ0) is 11.7. The standard InChI is InChI=1S/C14H20N2O/c17-14(10-5-2-1-3-6-10)16-15-13-9-11-7-4-8-12(11)13/h4,7,10-12H,1-3,5-6,8-9H2,(H,16,17)/b15-13-. The van der Waals surface area contributed by atoms with Crippen molar-refractivity contribution in [3.05, 3.63) is 12.2 Å². The second-order valence-electron chi connectivity index (χ2n) is 5.55. The van der Waals surface area contributed by atoms with Crippen LogP contribution in [0.25, 0.3) is 0 Å². The van der Waals surface area contributed by atoms with Crippen LogP contribution < -0.4 is 5.43 Å². The molecule has 3 aliphatic carbocycles. The Hall–Kier alpha value is -1.12. The van der Waals surface area contributed by atoms with Gasteiger partial charge in [0.2, 0.25) is 5.91 Å². The number of nitrogens with one attached hydrogen (secondary N) is 1. The average Bonchev–Trinajstić information content (AvgIpc) is 2.72. The lowest BCUT2D eigenvalue weighted by atomic mass is 9.74. The number of fused-ring (bicyclic) bond motifs is 1. The Morgan fingerprint density at radius 2 is 2.12 bits per heavy atom. The molecule has 92 valence electrons. The molecule has 1 N–H and O–H groups in total. The van der Waals surface area contributed by atoms with Crippen LogP contribution in [0.1, 0.15) is 44.9 Å². The average molecular weight is 232 g/mol. The van der Waals surface area contributed by atoms with E-state index in [0.717, 1.165) is 25.7 Å². The summed E-state index contributed by atoms with van der Waals surface area (Å²) in [5, 5.41) is 4.32. The smallest absolute Gasteiger partial charge is 0.243 e. The van der Waals surface area contributed by atoms with Crippen molar-refractivity contribution >= 4 is 11.6 Å². The highest BCUT2D eigenvalue weighted by atomic mass is 16.2. The predicted octanol–water partition coefficient (Wildman–Crippen LogP) is 2.63. The summed E-state index contributed by atoms with van der Waals surface area (Å²) in [7, 11) is 0. The van der Waals surface area contributed by atoms with Crippen LogP contribution in [0.5, 0.6) is 0 Å². The molecule has 0 bridgehead atoms. The lowest BCUT2D eigenvalue weighted by molar-refractivity contribution is -0.125. The summed E-state index contributed by atoms with van der Waals surface area (Å²) in [6, 6.07) is 0. The largest absolute Gasteiger partial charge is 0.273 e. The van der Waals surface area contributed by atoms with Crippen molar-refractivity contribution < 1.29 is 4.79 Å². The Morgan fingerprint density at radius 1 is 1.29 bits per heavy atom. The Kier molecular flexibility index (Phi) is 3.00. The van der Waals surface area contributed by atoms with Gasteiger partial charge >= 0.3 is 0 Å². The maximum Gasteiger partial charge on any atom is 0.243 e. The van der Waals surface area contributed by atoms with E-state index in [0.29, 0.717) is 11.8 Å². The summed E-state index contributed by atoms with van der Waals surface area (Å²) in [5.41, 5.74) is 3.99. The van der Waals surface area contributed by atoms with E-state index in [4.69, 9.17) is 0 Å². The molecule has 0 aromatic carbocycles. The van der Waals surface area contributed by atoms with Gasteiger partial charge < -0.3 is 0 Å². The van der Waals surface area contributed by atoms with Gasteiger partial charge in [-0.25, -0.2) is 5.43 Å². The normalized spacial score (nSPS) is 34.5. The summed E-state index contributed by atoms with van der Waals surface area (Å²) >= 11 is 0. The van der Waals surface area contributed by atoms with Crippen molar-refractivity contribution in [3.8, 4) is 0 Å². The van der Waals surface area contributed by atoms with Crippen LogP contribution in [-0.2, 0) is 4.79 Å². The topological polar surface area (TPSA) is 41.5 Å². The van der Waals surface area contributed by atoms with Gasteiger partial charge in [-0.3, -0.25) is 4.79 Å². The summed E-state index contributed by atoms with van der Waals surface area (Å²) in [5.74, 6) is 1.67. The highest BCUT2D eigenvalue weighted by molar-refractivity contribution is 5.95. The molecule has 2 saturated carbocycles. The number of rotatable bonds is 2. The third-order valence-electron chi connectivity index (χ3n) is 4.45.